The van der Waals surface area contributed by atoms with Gasteiger partial charge in [0.25, 0.3) is 6.79 Å². The number of carbonyl (C=O) groups excluding carboxylic acids is 2. The summed E-state index contributed by atoms with van der Waals surface area (Å²) in [5.41, 5.74) is 2.14. The number of hydrogen-bond acceptors (Lipinski definition) is 7. The van der Waals surface area contributed by atoms with Gasteiger partial charge in [-0.05, 0) is 43.2 Å². The first-order valence-electron chi connectivity index (χ1n) is 10.2. The molecule has 9 nitrogen and oxygen atoms in total. The van der Waals surface area contributed by atoms with Crippen LogP contribution < -0.4 is 0 Å². The summed E-state index contributed by atoms with van der Waals surface area (Å²) in [5, 5.41) is 16.9. The molecule has 1 unspecified atom stereocenters. The highest BCUT2D eigenvalue weighted by atomic mass is 16.8. The molecule has 30 heavy (non-hydrogen) atoms. The molecule has 0 radical (unpaired) electrons. The molecule has 1 fully saturated rings. The van der Waals surface area contributed by atoms with E-state index in [1.165, 1.54) is 17.5 Å². The van der Waals surface area contributed by atoms with Crippen LogP contribution in [0.15, 0.2) is 29.5 Å². The SMILES string of the molecule is CC(=O)OCO/N=[N+](\[O-])N1CCC[C@H]1COC(=O)C(C)c1ccc(CC(C)C)cc1. The van der Waals surface area contributed by atoms with Gasteiger partial charge in [0.1, 0.15) is 12.6 Å². The van der Waals surface area contributed by atoms with Gasteiger partial charge in [-0.15, -0.1) is 5.01 Å². The Kier molecular flexibility index (Phi) is 8.89. The predicted molar refractivity (Wildman–Crippen MR) is 108 cm³/mol. The highest BCUT2D eigenvalue weighted by molar-refractivity contribution is 5.77. The third kappa shape index (κ3) is 7.20. The zero-order valence-electron chi connectivity index (χ0n) is 18.1. The number of rotatable bonds is 10. The van der Waals surface area contributed by atoms with Gasteiger partial charge >= 0.3 is 11.9 Å². The zero-order valence-corrected chi connectivity index (χ0v) is 18.1. The number of hydrazine groups is 1. The Hall–Kier alpha value is -2.84. The Morgan fingerprint density at radius 2 is 1.93 bits per heavy atom. The van der Waals surface area contributed by atoms with E-state index in [-0.39, 0.29) is 18.6 Å². The van der Waals surface area contributed by atoms with Crippen LogP contribution in [0.25, 0.3) is 0 Å². The number of esters is 2. The standard InChI is InChI=1S/C21H31N3O6/c1-15(2)12-18-7-9-19(10-8-18)16(3)21(26)28-13-20-6-5-11-23(20)24(27)22-30-14-29-17(4)25/h7-10,15-16,20H,5-6,11-14H2,1-4H3/b24-22-/t16?,20-/m0/s1. The van der Waals surface area contributed by atoms with Crippen molar-refractivity contribution in [2.45, 2.75) is 58.9 Å². The van der Waals surface area contributed by atoms with Crippen LogP contribution in [0.4, 0.5) is 0 Å². The minimum atomic E-state index is -0.530. The van der Waals surface area contributed by atoms with E-state index >= 15 is 0 Å². The highest BCUT2D eigenvalue weighted by Crippen LogP contribution is 2.21. The van der Waals surface area contributed by atoms with E-state index in [4.69, 9.17) is 4.74 Å². The second kappa shape index (κ2) is 11.4. The molecule has 2 rings (SSSR count). The fourth-order valence-corrected chi connectivity index (χ4v) is 3.30. The van der Waals surface area contributed by atoms with Crippen LogP contribution in [0.3, 0.4) is 0 Å². The third-order valence-corrected chi connectivity index (χ3v) is 4.90. The molecule has 0 N–H and O–H groups in total. The number of hydrogen-bond donors (Lipinski definition) is 0. The number of carbonyl (C=O) groups is 2. The van der Waals surface area contributed by atoms with Gasteiger partial charge < -0.3 is 19.5 Å². The molecule has 0 aromatic heterocycles. The minimum absolute atomic E-state index is 0.0901. The van der Waals surface area contributed by atoms with Crippen LogP contribution in [0.5, 0.6) is 0 Å². The van der Waals surface area contributed by atoms with Crippen molar-refractivity contribution in [2.75, 3.05) is 19.9 Å². The largest absolute Gasteiger partial charge is 0.569 e. The quantitative estimate of drug-likeness (QED) is 0.143. The molecule has 9 heteroatoms. The van der Waals surface area contributed by atoms with E-state index in [2.05, 4.69) is 28.7 Å². The van der Waals surface area contributed by atoms with E-state index in [0.717, 1.165) is 18.4 Å². The van der Waals surface area contributed by atoms with Gasteiger partial charge in [-0.3, -0.25) is 9.59 Å². The van der Waals surface area contributed by atoms with Crippen LogP contribution >= 0.6 is 0 Å². The molecular weight excluding hydrogens is 390 g/mol. The molecule has 1 aromatic rings. The van der Waals surface area contributed by atoms with Crippen molar-refractivity contribution >= 4 is 11.9 Å². The summed E-state index contributed by atoms with van der Waals surface area (Å²) in [7, 11) is 0. The zero-order chi connectivity index (χ0) is 22.1. The van der Waals surface area contributed by atoms with E-state index in [9.17, 15) is 14.8 Å². The van der Waals surface area contributed by atoms with Crippen LogP contribution in [0, 0.1) is 11.1 Å². The number of ether oxygens (including phenoxy) is 2. The number of benzene rings is 1. The molecule has 1 heterocycles. The van der Waals surface area contributed by atoms with Crippen molar-refractivity contribution < 1.29 is 28.9 Å². The molecule has 0 amide bonds. The van der Waals surface area contributed by atoms with E-state index in [0.29, 0.717) is 23.9 Å². The topological polar surface area (TPSA) is 104 Å². The first-order chi connectivity index (χ1) is 14.3. The fourth-order valence-electron chi connectivity index (χ4n) is 3.30. The highest BCUT2D eigenvalue weighted by Gasteiger charge is 2.33. The second-order valence-electron chi connectivity index (χ2n) is 7.87. The maximum atomic E-state index is 12.5. The first kappa shape index (κ1) is 23.4. The molecule has 1 saturated heterocycles. The molecule has 0 spiro atoms. The molecule has 1 aliphatic heterocycles. The lowest BCUT2D eigenvalue weighted by Crippen LogP contribution is -2.39. The van der Waals surface area contributed by atoms with Gasteiger partial charge in [0.2, 0.25) is 5.28 Å². The molecule has 0 aliphatic carbocycles. The Labute approximate surface area is 177 Å². The normalized spacial score (nSPS) is 17.7. The van der Waals surface area contributed by atoms with Crippen molar-refractivity contribution in [1.29, 1.82) is 0 Å². The van der Waals surface area contributed by atoms with E-state index in [1.807, 2.05) is 31.2 Å². The molecule has 2 atom stereocenters. The average molecular weight is 421 g/mol. The lowest BCUT2D eigenvalue weighted by atomic mass is 9.97. The molecule has 1 aromatic carbocycles. The van der Waals surface area contributed by atoms with Gasteiger partial charge in [-0.2, -0.15) is 0 Å². The van der Waals surface area contributed by atoms with Crippen LogP contribution in [-0.2, 0) is 30.3 Å². The van der Waals surface area contributed by atoms with Gasteiger partial charge in [-0.25, -0.2) is 0 Å². The summed E-state index contributed by atoms with van der Waals surface area (Å²) in [6.07, 6.45) is 2.47. The monoisotopic (exact) mass is 421 g/mol. The van der Waals surface area contributed by atoms with Crippen LogP contribution in [0.1, 0.15) is 57.6 Å². The summed E-state index contributed by atoms with van der Waals surface area (Å²) < 4.78 is 10.0. The summed E-state index contributed by atoms with van der Waals surface area (Å²) in [6.45, 7) is 7.50. The smallest absolute Gasteiger partial charge is 0.313 e. The third-order valence-electron chi connectivity index (χ3n) is 4.90. The maximum absolute atomic E-state index is 12.5. The van der Waals surface area contributed by atoms with E-state index in [1.54, 1.807) is 0 Å². The predicted octanol–water partition coefficient (Wildman–Crippen LogP) is 3.33. The summed E-state index contributed by atoms with van der Waals surface area (Å²) in [4.78, 5) is 28.1. The van der Waals surface area contributed by atoms with Crippen molar-refractivity contribution in [3.63, 3.8) is 0 Å². The van der Waals surface area contributed by atoms with Crippen molar-refractivity contribution in [2.24, 2.45) is 11.2 Å². The lowest BCUT2D eigenvalue weighted by Gasteiger charge is -2.21. The number of nitrogens with zero attached hydrogens (tertiary/aromatic N) is 3. The fraction of sp³-hybridized carbons (Fsp3) is 0.619. The van der Waals surface area contributed by atoms with Crippen molar-refractivity contribution in [1.82, 2.24) is 5.01 Å². The van der Waals surface area contributed by atoms with Crippen LogP contribution in [-0.4, -0.2) is 47.9 Å². The second-order valence-corrected chi connectivity index (χ2v) is 7.87. The molecular formula is C21H31N3O6. The lowest BCUT2D eigenvalue weighted by molar-refractivity contribution is -0.715. The molecule has 1 aliphatic rings. The Morgan fingerprint density at radius 3 is 2.57 bits per heavy atom. The van der Waals surface area contributed by atoms with Crippen molar-refractivity contribution in [3.8, 4) is 0 Å². The van der Waals surface area contributed by atoms with Gasteiger partial charge in [0.15, 0.2) is 0 Å². The summed E-state index contributed by atoms with van der Waals surface area (Å²) >= 11 is 0. The summed E-state index contributed by atoms with van der Waals surface area (Å²) in [5.74, 6) is -0.684. The Morgan fingerprint density at radius 1 is 1.23 bits per heavy atom. The summed E-state index contributed by atoms with van der Waals surface area (Å²) in [6, 6.07) is 7.73. The molecule has 166 valence electrons. The maximum Gasteiger partial charge on any atom is 0.313 e. The van der Waals surface area contributed by atoms with Crippen molar-refractivity contribution in [3.05, 3.63) is 40.6 Å². The molecule has 0 bridgehead atoms. The molecule has 0 saturated carbocycles. The van der Waals surface area contributed by atoms with Crippen LogP contribution in [0.2, 0.25) is 0 Å². The average Bonchev–Trinajstić information content (AvgIpc) is 3.17. The Balaban J connectivity index is 1.85. The Bertz CT molecular complexity index is 735. The van der Waals surface area contributed by atoms with Gasteiger partial charge in [-0.1, -0.05) is 38.1 Å². The minimum Gasteiger partial charge on any atom is -0.569 e. The van der Waals surface area contributed by atoms with E-state index < -0.39 is 18.7 Å². The van der Waals surface area contributed by atoms with Gasteiger partial charge in [0, 0.05) is 6.92 Å². The van der Waals surface area contributed by atoms with Gasteiger partial charge in [0.05, 0.1) is 17.4 Å². The first-order valence-corrected chi connectivity index (χ1v) is 10.2.